The number of fused-ring (bicyclic) bond motifs is 7. The molecule has 0 aromatic rings. The molecule has 42 heavy (non-hydrogen) atoms. The third-order valence-electron chi connectivity index (χ3n) is 13.0. The second-order valence-corrected chi connectivity index (χ2v) is 15.6. The molecule has 0 aliphatic heterocycles. The van der Waals surface area contributed by atoms with Gasteiger partial charge in [-0.25, -0.2) is 0 Å². The molecule has 0 heterocycles. The number of rotatable bonds is 5. The summed E-state index contributed by atoms with van der Waals surface area (Å²) in [6, 6.07) is 0. The zero-order valence-electron chi connectivity index (χ0n) is 27.1. The van der Waals surface area contributed by atoms with Gasteiger partial charge in [-0.3, -0.25) is 9.59 Å². The van der Waals surface area contributed by atoms with Crippen molar-refractivity contribution in [3.63, 3.8) is 0 Å². The fraction of sp³-hybridized carbons (Fsp3) is 0.818. The SMILES string of the molecule is CC1(C(=O)[O-])CCC2(C)CCC3C(=CC(=O)C4C3(C)CCC3C(C)(C)C(OC(=O)CCC(=O)[O-])CCC34C)C2C1.[Na+].[Na+]. The number of esters is 1. The number of hydrogen-bond acceptors (Lipinski definition) is 7. The van der Waals surface area contributed by atoms with Crippen molar-refractivity contribution in [2.45, 2.75) is 118 Å². The summed E-state index contributed by atoms with van der Waals surface area (Å²) in [4.78, 5) is 49.7. The second kappa shape index (κ2) is 12.2. The average molecular weight is 601 g/mol. The van der Waals surface area contributed by atoms with Gasteiger partial charge >= 0.3 is 65.1 Å². The van der Waals surface area contributed by atoms with Crippen molar-refractivity contribution in [1.29, 1.82) is 0 Å². The molecule has 4 fully saturated rings. The zero-order chi connectivity index (χ0) is 29.5. The van der Waals surface area contributed by atoms with Gasteiger partial charge in [0.1, 0.15) is 6.10 Å². The maximum Gasteiger partial charge on any atom is 1.00 e. The van der Waals surface area contributed by atoms with E-state index >= 15 is 0 Å². The Balaban J connectivity index is 0.00000242. The predicted octanol–water partition coefficient (Wildman–Crippen LogP) is -2.22. The predicted molar refractivity (Wildman–Crippen MR) is 144 cm³/mol. The van der Waals surface area contributed by atoms with Crippen LogP contribution in [0.4, 0.5) is 0 Å². The number of carboxylic acid groups (broad SMARTS) is 2. The molecule has 9 unspecified atom stereocenters. The van der Waals surface area contributed by atoms with Gasteiger partial charge in [-0.1, -0.05) is 47.1 Å². The van der Waals surface area contributed by atoms with Crippen LogP contribution in [0.5, 0.6) is 0 Å². The number of carbonyl (C=O) groups is 4. The number of hydrogen-bond donors (Lipinski definition) is 0. The largest absolute Gasteiger partial charge is 1.00 e. The molecule has 0 spiro atoms. The maximum atomic E-state index is 14.3. The number of ketones is 1. The minimum Gasteiger partial charge on any atom is -0.550 e. The first-order chi connectivity index (χ1) is 18.5. The van der Waals surface area contributed by atoms with Crippen LogP contribution in [0.25, 0.3) is 0 Å². The number of carbonyl (C=O) groups excluding carboxylic acids is 4. The Hall–Kier alpha value is -0.180. The molecule has 0 radical (unpaired) electrons. The third kappa shape index (κ3) is 5.68. The summed E-state index contributed by atoms with van der Waals surface area (Å²) >= 11 is 0. The molecule has 4 saturated carbocycles. The Morgan fingerprint density at radius 3 is 2.10 bits per heavy atom. The molecule has 0 saturated heterocycles. The van der Waals surface area contributed by atoms with Gasteiger partial charge in [0.25, 0.3) is 0 Å². The Labute approximate surface area is 295 Å². The van der Waals surface area contributed by atoms with E-state index in [0.717, 1.165) is 38.5 Å². The topological polar surface area (TPSA) is 124 Å². The van der Waals surface area contributed by atoms with E-state index in [4.69, 9.17) is 4.74 Å². The molecule has 0 aromatic carbocycles. The van der Waals surface area contributed by atoms with E-state index in [1.807, 2.05) is 13.0 Å². The van der Waals surface area contributed by atoms with Crippen LogP contribution in [0.15, 0.2) is 11.6 Å². The molecular formula is C33H46Na2O7. The molecule has 7 nitrogen and oxygen atoms in total. The van der Waals surface area contributed by atoms with Crippen LogP contribution in [0.1, 0.15) is 112 Å². The molecule has 0 N–H and O–H groups in total. The zero-order valence-corrected chi connectivity index (χ0v) is 31.1. The van der Waals surface area contributed by atoms with Crippen molar-refractivity contribution in [3.05, 3.63) is 11.6 Å². The van der Waals surface area contributed by atoms with Gasteiger partial charge < -0.3 is 24.5 Å². The Kier molecular flexibility index (Phi) is 10.5. The molecule has 5 aliphatic carbocycles. The molecule has 5 rings (SSSR count). The summed E-state index contributed by atoms with van der Waals surface area (Å²) < 4.78 is 5.85. The van der Waals surface area contributed by atoms with E-state index in [2.05, 4.69) is 34.6 Å². The first-order valence-electron chi connectivity index (χ1n) is 15.3. The van der Waals surface area contributed by atoms with Crippen LogP contribution in [0.3, 0.4) is 0 Å². The molecule has 5 aliphatic rings. The molecule has 0 bridgehead atoms. The van der Waals surface area contributed by atoms with Crippen molar-refractivity contribution in [2.24, 2.45) is 50.7 Å². The Morgan fingerprint density at radius 1 is 0.833 bits per heavy atom. The number of carboxylic acids is 2. The van der Waals surface area contributed by atoms with Gasteiger partial charge in [0, 0.05) is 28.7 Å². The molecular weight excluding hydrogens is 554 g/mol. The molecule has 9 atom stereocenters. The van der Waals surface area contributed by atoms with Crippen LogP contribution in [-0.4, -0.2) is 29.8 Å². The fourth-order valence-electron chi connectivity index (χ4n) is 10.7. The van der Waals surface area contributed by atoms with Crippen LogP contribution < -0.4 is 69.3 Å². The summed E-state index contributed by atoms with van der Waals surface area (Å²) in [5, 5.41) is 23.0. The standard InChI is InChI=1S/C33H48O7.2Na/c1-29(2)23-10-13-32(5)20-9-12-30(3)15-16-31(4,28(38)39)18-21(30)19(20)17-22(34)27(32)33(23,6)14-11-24(29)40-26(37)8-7-25(35)36;;/h17,20-21,23-24,27H,7-16,18H2,1-6H3,(H,35,36)(H,38,39);;/q;2*+1/p-2. The van der Waals surface area contributed by atoms with Crippen molar-refractivity contribution < 1.29 is 93.2 Å². The second-order valence-electron chi connectivity index (χ2n) is 15.6. The summed E-state index contributed by atoms with van der Waals surface area (Å²) in [5.41, 5.74) is -0.462. The Morgan fingerprint density at radius 2 is 1.48 bits per heavy atom. The minimum absolute atomic E-state index is 0. The van der Waals surface area contributed by atoms with E-state index in [1.165, 1.54) is 5.57 Å². The van der Waals surface area contributed by atoms with Crippen molar-refractivity contribution in [3.8, 4) is 0 Å². The molecule has 9 heteroatoms. The third-order valence-corrected chi connectivity index (χ3v) is 13.0. The smallest absolute Gasteiger partial charge is 0.550 e. The van der Waals surface area contributed by atoms with E-state index in [1.54, 1.807) is 0 Å². The summed E-state index contributed by atoms with van der Waals surface area (Å²) in [7, 11) is 0. The minimum atomic E-state index is -1.26. The van der Waals surface area contributed by atoms with Gasteiger partial charge in [-0.05, 0) is 104 Å². The van der Waals surface area contributed by atoms with Gasteiger partial charge in [0.15, 0.2) is 5.78 Å². The molecule has 0 aromatic heterocycles. The number of ether oxygens (including phenoxy) is 1. The molecule has 222 valence electrons. The van der Waals surface area contributed by atoms with Gasteiger partial charge in [-0.15, -0.1) is 0 Å². The van der Waals surface area contributed by atoms with E-state index in [-0.39, 0.29) is 129 Å². The first-order valence-corrected chi connectivity index (χ1v) is 15.3. The monoisotopic (exact) mass is 600 g/mol. The normalized spacial score (nSPS) is 43.4. The summed E-state index contributed by atoms with van der Waals surface area (Å²) in [5.74, 6) is -2.17. The quantitative estimate of drug-likeness (QED) is 0.259. The average Bonchev–Trinajstić information content (AvgIpc) is 2.84. The van der Waals surface area contributed by atoms with E-state index in [0.29, 0.717) is 19.3 Å². The van der Waals surface area contributed by atoms with Crippen LogP contribution in [-0.2, 0) is 23.9 Å². The van der Waals surface area contributed by atoms with Gasteiger partial charge in [0.2, 0.25) is 0 Å². The maximum absolute atomic E-state index is 14.3. The van der Waals surface area contributed by atoms with Crippen LogP contribution >= 0.6 is 0 Å². The number of allylic oxidation sites excluding steroid dienone is 2. The summed E-state index contributed by atoms with van der Waals surface area (Å²) in [6.07, 6.45) is 8.41. The fourth-order valence-corrected chi connectivity index (χ4v) is 10.7. The van der Waals surface area contributed by atoms with Crippen LogP contribution in [0.2, 0.25) is 0 Å². The first kappa shape index (κ1) is 36.3. The van der Waals surface area contributed by atoms with Crippen molar-refractivity contribution >= 4 is 23.7 Å². The van der Waals surface area contributed by atoms with E-state index in [9.17, 15) is 29.4 Å². The van der Waals surface area contributed by atoms with Gasteiger partial charge in [-0.2, -0.15) is 0 Å². The van der Waals surface area contributed by atoms with Gasteiger partial charge in [0.05, 0.1) is 6.42 Å². The number of aliphatic carboxylic acids is 2. The Bertz CT molecular complexity index is 1170. The molecule has 0 amide bonds. The summed E-state index contributed by atoms with van der Waals surface area (Å²) in [6.45, 7) is 13.0. The van der Waals surface area contributed by atoms with E-state index < -0.39 is 23.3 Å². The van der Waals surface area contributed by atoms with Crippen LogP contribution in [0, 0.1) is 50.7 Å². The van der Waals surface area contributed by atoms with Crippen molar-refractivity contribution in [1.82, 2.24) is 0 Å². The van der Waals surface area contributed by atoms with Crippen molar-refractivity contribution in [2.75, 3.05) is 0 Å².